The summed E-state index contributed by atoms with van der Waals surface area (Å²) in [4.78, 5) is 20.2. The Morgan fingerprint density at radius 2 is 1.93 bits per heavy atom. The van der Waals surface area contributed by atoms with Gasteiger partial charge < -0.3 is 4.74 Å². The van der Waals surface area contributed by atoms with Gasteiger partial charge in [0.15, 0.2) is 0 Å². The molecule has 142 valence electrons. The molecule has 0 bridgehead atoms. The highest BCUT2D eigenvalue weighted by Gasteiger charge is 2.21. The van der Waals surface area contributed by atoms with Crippen LogP contribution >= 0.6 is 11.3 Å². The van der Waals surface area contributed by atoms with Crippen molar-refractivity contribution in [3.05, 3.63) is 69.1 Å². The molecule has 0 spiro atoms. The molecular formula is C23H22N2O2S. The SMILES string of the molecule is Cc1nc2sc3c(c2c(=O)n1CCOc1cccc2ccccc12)CCCC3. The maximum atomic E-state index is 13.2. The Kier molecular flexibility index (Phi) is 4.40. The predicted molar refractivity (Wildman–Crippen MR) is 115 cm³/mol. The van der Waals surface area contributed by atoms with E-state index in [9.17, 15) is 4.79 Å². The molecule has 0 saturated heterocycles. The van der Waals surface area contributed by atoms with Crippen LogP contribution in [-0.2, 0) is 19.4 Å². The van der Waals surface area contributed by atoms with Crippen molar-refractivity contribution in [2.24, 2.45) is 0 Å². The molecule has 4 nitrogen and oxygen atoms in total. The van der Waals surface area contributed by atoms with Crippen molar-refractivity contribution < 1.29 is 4.74 Å². The van der Waals surface area contributed by atoms with Crippen molar-refractivity contribution in [2.75, 3.05) is 6.61 Å². The molecule has 0 fully saturated rings. The summed E-state index contributed by atoms with van der Waals surface area (Å²) < 4.78 is 7.83. The average Bonchev–Trinajstić information content (AvgIpc) is 3.08. The predicted octanol–water partition coefficient (Wildman–Crippen LogP) is 4.88. The highest BCUT2D eigenvalue weighted by molar-refractivity contribution is 7.18. The minimum Gasteiger partial charge on any atom is -0.491 e. The van der Waals surface area contributed by atoms with Gasteiger partial charge in [-0.05, 0) is 49.6 Å². The maximum absolute atomic E-state index is 13.2. The van der Waals surface area contributed by atoms with E-state index in [2.05, 4.69) is 18.2 Å². The van der Waals surface area contributed by atoms with Crippen LogP contribution in [0.5, 0.6) is 5.75 Å². The molecule has 2 aromatic heterocycles. The normalized spacial score (nSPS) is 13.8. The summed E-state index contributed by atoms with van der Waals surface area (Å²) in [6.07, 6.45) is 4.46. The van der Waals surface area contributed by atoms with Crippen LogP contribution in [-0.4, -0.2) is 16.2 Å². The van der Waals surface area contributed by atoms with Gasteiger partial charge in [0, 0.05) is 10.3 Å². The van der Waals surface area contributed by atoms with E-state index in [-0.39, 0.29) is 5.56 Å². The number of ether oxygens (including phenoxy) is 1. The van der Waals surface area contributed by atoms with Crippen molar-refractivity contribution in [3.8, 4) is 5.75 Å². The molecule has 2 heterocycles. The Labute approximate surface area is 167 Å². The molecule has 0 unspecified atom stereocenters. The maximum Gasteiger partial charge on any atom is 0.262 e. The van der Waals surface area contributed by atoms with Crippen LogP contribution in [0.15, 0.2) is 47.3 Å². The lowest BCUT2D eigenvalue weighted by Crippen LogP contribution is -2.26. The van der Waals surface area contributed by atoms with Crippen LogP contribution in [0.3, 0.4) is 0 Å². The number of rotatable bonds is 4. The van der Waals surface area contributed by atoms with Gasteiger partial charge in [-0.15, -0.1) is 11.3 Å². The zero-order valence-electron chi connectivity index (χ0n) is 15.9. The molecule has 0 N–H and O–H groups in total. The highest BCUT2D eigenvalue weighted by atomic mass is 32.1. The Morgan fingerprint density at radius 3 is 2.86 bits per heavy atom. The van der Waals surface area contributed by atoms with E-state index in [1.807, 2.05) is 31.2 Å². The first-order valence-electron chi connectivity index (χ1n) is 9.84. The zero-order valence-corrected chi connectivity index (χ0v) is 16.7. The second kappa shape index (κ2) is 7.06. The Bertz CT molecular complexity index is 1230. The van der Waals surface area contributed by atoms with E-state index in [4.69, 9.17) is 9.72 Å². The van der Waals surface area contributed by atoms with Crippen molar-refractivity contribution in [1.29, 1.82) is 0 Å². The Balaban J connectivity index is 1.44. The van der Waals surface area contributed by atoms with Crippen LogP contribution in [0.2, 0.25) is 0 Å². The smallest absolute Gasteiger partial charge is 0.262 e. The van der Waals surface area contributed by atoms with Crippen LogP contribution in [0.4, 0.5) is 0 Å². The van der Waals surface area contributed by atoms with Gasteiger partial charge in [-0.1, -0.05) is 36.4 Å². The molecule has 0 radical (unpaired) electrons. The highest BCUT2D eigenvalue weighted by Crippen LogP contribution is 2.33. The zero-order chi connectivity index (χ0) is 19.1. The molecule has 1 aliphatic rings. The third kappa shape index (κ3) is 2.90. The summed E-state index contributed by atoms with van der Waals surface area (Å²) >= 11 is 1.70. The van der Waals surface area contributed by atoms with E-state index >= 15 is 0 Å². The van der Waals surface area contributed by atoms with Gasteiger partial charge >= 0.3 is 0 Å². The minimum absolute atomic E-state index is 0.0865. The third-order valence-electron chi connectivity index (χ3n) is 5.59. The standard InChI is InChI=1S/C23H22N2O2S/c1-15-24-22-21(18-10-4-5-12-20(18)28-22)23(26)25(15)13-14-27-19-11-6-8-16-7-2-3-9-17(16)19/h2-3,6-9,11H,4-5,10,12-14H2,1H3. The largest absolute Gasteiger partial charge is 0.491 e. The summed E-state index contributed by atoms with van der Waals surface area (Å²) in [5, 5.41) is 3.09. The molecule has 4 aromatic rings. The monoisotopic (exact) mass is 390 g/mol. The molecule has 5 rings (SSSR count). The molecular weight excluding hydrogens is 368 g/mol. The van der Waals surface area contributed by atoms with Crippen molar-refractivity contribution in [2.45, 2.75) is 39.2 Å². The summed E-state index contributed by atoms with van der Waals surface area (Å²) in [5.41, 5.74) is 1.33. The van der Waals surface area contributed by atoms with Crippen LogP contribution in [0.1, 0.15) is 29.1 Å². The van der Waals surface area contributed by atoms with Crippen LogP contribution in [0.25, 0.3) is 21.0 Å². The molecule has 0 amide bonds. The lowest BCUT2D eigenvalue weighted by Gasteiger charge is -2.13. The van der Waals surface area contributed by atoms with Crippen LogP contribution in [0, 0.1) is 6.92 Å². The van der Waals surface area contributed by atoms with E-state index in [0.717, 1.165) is 51.8 Å². The van der Waals surface area contributed by atoms with Crippen molar-refractivity contribution in [1.82, 2.24) is 9.55 Å². The van der Waals surface area contributed by atoms with E-state index in [1.54, 1.807) is 15.9 Å². The van der Waals surface area contributed by atoms with Gasteiger partial charge in [-0.3, -0.25) is 9.36 Å². The van der Waals surface area contributed by atoms with E-state index < -0.39 is 0 Å². The minimum atomic E-state index is 0.0865. The number of benzene rings is 2. The van der Waals surface area contributed by atoms with Gasteiger partial charge in [-0.25, -0.2) is 4.98 Å². The van der Waals surface area contributed by atoms with Gasteiger partial charge in [-0.2, -0.15) is 0 Å². The summed E-state index contributed by atoms with van der Waals surface area (Å²) in [6.45, 7) is 2.85. The van der Waals surface area contributed by atoms with Gasteiger partial charge in [0.1, 0.15) is 23.0 Å². The first-order valence-corrected chi connectivity index (χ1v) is 10.7. The second-order valence-electron chi connectivity index (χ2n) is 7.33. The number of thiophene rings is 1. The average molecular weight is 391 g/mol. The van der Waals surface area contributed by atoms with E-state index in [1.165, 1.54) is 16.9 Å². The molecule has 0 atom stereocenters. The summed E-state index contributed by atoms with van der Waals surface area (Å²) in [5.74, 6) is 1.61. The number of aromatic nitrogens is 2. The first-order chi connectivity index (χ1) is 13.7. The first kappa shape index (κ1) is 17.4. The quantitative estimate of drug-likeness (QED) is 0.499. The fraction of sp³-hybridized carbons (Fsp3) is 0.304. The molecule has 0 saturated carbocycles. The van der Waals surface area contributed by atoms with Gasteiger partial charge in [0.2, 0.25) is 0 Å². The molecule has 28 heavy (non-hydrogen) atoms. The third-order valence-corrected chi connectivity index (χ3v) is 6.77. The summed E-state index contributed by atoms with van der Waals surface area (Å²) in [7, 11) is 0. The Morgan fingerprint density at radius 1 is 1.11 bits per heavy atom. The fourth-order valence-electron chi connectivity index (χ4n) is 4.17. The molecule has 2 aromatic carbocycles. The summed E-state index contributed by atoms with van der Waals surface area (Å²) in [6, 6.07) is 14.2. The number of hydrogen-bond donors (Lipinski definition) is 0. The molecule has 1 aliphatic carbocycles. The topological polar surface area (TPSA) is 44.1 Å². The fourth-order valence-corrected chi connectivity index (χ4v) is 5.47. The molecule has 5 heteroatoms. The van der Waals surface area contributed by atoms with Crippen LogP contribution < -0.4 is 10.3 Å². The van der Waals surface area contributed by atoms with Crippen molar-refractivity contribution >= 4 is 32.3 Å². The number of fused-ring (bicyclic) bond motifs is 4. The lowest BCUT2D eigenvalue weighted by molar-refractivity contribution is 0.298. The molecule has 0 aliphatic heterocycles. The van der Waals surface area contributed by atoms with E-state index in [0.29, 0.717) is 13.2 Å². The van der Waals surface area contributed by atoms with Gasteiger partial charge in [0.05, 0.1) is 11.9 Å². The van der Waals surface area contributed by atoms with Gasteiger partial charge in [0.25, 0.3) is 5.56 Å². The van der Waals surface area contributed by atoms with Crippen molar-refractivity contribution in [3.63, 3.8) is 0 Å². The lowest BCUT2D eigenvalue weighted by atomic mass is 9.97. The number of aryl methyl sites for hydroxylation is 3. The number of hydrogen-bond acceptors (Lipinski definition) is 4. The second-order valence-corrected chi connectivity index (χ2v) is 8.42. The Hall–Kier alpha value is -2.66. The number of nitrogens with zero attached hydrogens (tertiary/aromatic N) is 2.